The molecule has 176 valence electrons. The summed E-state index contributed by atoms with van der Waals surface area (Å²) in [7, 11) is 0. The number of fused-ring (bicyclic) bond motifs is 2. The molecule has 0 saturated carbocycles. The fraction of sp³-hybridized carbons (Fsp3) is 0.310. The molecule has 0 spiro atoms. The van der Waals surface area contributed by atoms with Gasteiger partial charge in [0.2, 0.25) is 0 Å². The van der Waals surface area contributed by atoms with E-state index in [4.69, 9.17) is 9.98 Å². The van der Waals surface area contributed by atoms with Gasteiger partial charge in [-0.2, -0.15) is 0 Å². The van der Waals surface area contributed by atoms with E-state index in [2.05, 4.69) is 35.1 Å². The third-order valence-electron chi connectivity index (χ3n) is 7.37. The van der Waals surface area contributed by atoms with Crippen molar-refractivity contribution < 1.29 is 4.79 Å². The van der Waals surface area contributed by atoms with Gasteiger partial charge in [-0.05, 0) is 49.4 Å². The van der Waals surface area contributed by atoms with Crippen LogP contribution in [0.1, 0.15) is 54.4 Å². The first-order valence-electron chi connectivity index (χ1n) is 12.6. The van der Waals surface area contributed by atoms with Crippen LogP contribution in [0.15, 0.2) is 65.8 Å². The highest BCUT2D eigenvalue weighted by Gasteiger charge is 2.26. The molecule has 1 fully saturated rings. The summed E-state index contributed by atoms with van der Waals surface area (Å²) in [6.45, 7) is 3.96. The lowest BCUT2D eigenvalue weighted by molar-refractivity contribution is 0.0760. The summed E-state index contributed by atoms with van der Waals surface area (Å²) in [5.74, 6) is 1.71. The Kier molecular flexibility index (Phi) is 5.64. The lowest BCUT2D eigenvalue weighted by atomic mass is 9.96. The van der Waals surface area contributed by atoms with Crippen molar-refractivity contribution >= 4 is 28.3 Å². The average Bonchev–Trinajstić information content (AvgIpc) is 3.14. The minimum atomic E-state index is 0.129. The molecule has 1 unspecified atom stereocenters. The number of amides is 1. The van der Waals surface area contributed by atoms with Crippen molar-refractivity contribution in [2.75, 3.05) is 13.1 Å². The van der Waals surface area contributed by atoms with Gasteiger partial charge in [-0.1, -0.05) is 43.7 Å². The number of carbonyl (C=O) groups excluding carboxylic acids is 1. The number of para-hydroxylation sites is 1. The van der Waals surface area contributed by atoms with Crippen molar-refractivity contribution in [3.8, 4) is 11.3 Å². The Balaban J connectivity index is 1.20. The lowest BCUT2D eigenvalue weighted by Gasteiger charge is -2.21. The fourth-order valence-electron chi connectivity index (χ4n) is 5.15. The number of likely N-dealkylation sites (tertiary alicyclic amines) is 1. The normalized spacial score (nSPS) is 18.8. The third-order valence-corrected chi connectivity index (χ3v) is 7.37. The van der Waals surface area contributed by atoms with E-state index in [-0.39, 0.29) is 5.91 Å². The maximum absolute atomic E-state index is 13.1. The van der Waals surface area contributed by atoms with E-state index in [9.17, 15) is 4.79 Å². The Labute approximate surface area is 205 Å². The van der Waals surface area contributed by atoms with Crippen LogP contribution in [-0.4, -0.2) is 44.6 Å². The van der Waals surface area contributed by atoms with Gasteiger partial charge in [0.15, 0.2) is 0 Å². The molecule has 1 aliphatic carbocycles. The Morgan fingerprint density at radius 2 is 1.97 bits per heavy atom. The number of aliphatic imine (C=N–C) groups is 1. The monoisotopic (exact) mass is 463 g/mol. The summed E-state index contributed by atoms with van der Waals surface area (Å²) in [5, 5.41) is 1.14. The molecule has 6 heteroatoms. The van der Waals surface area contributed by atoms with Crippen molar-refractivity contribution in [2.45, 2.75) is 39.0 Å². The summed E-state index contributed by atoms with van der Waals surface area (Å²) in [6, 6.07) is 18.0. The Bertz CT molecular complexity index is 1390. The molecule has 1 aliphatic heterocycles. The number of benzene rings is 2. The van der Waals surface area contributed by atoms with Crippen molar-refractivity contribution in [2.24, 2.45) is 10.9 Å². The second kappa shape index (κ2) is 9.10. The van der Waals surface area contributed by atoms with Gasteiger partial charge in [-0.25, -0.2) is 9.98 Å². The summed E-state index contributed by atoms with van der Waals surface area (Å²) < 4.78 is 0. The zero-order valence-electron chi connectivity index (χ0n) is 20.0. The predicted octanol–water partition coefficient (Wildman–Crippen LogP) is 5.95. The van der Waals surface area contributed by atoms with Gasteiger partial charge in [0.25, 0.3) is 5.91 Å². The fourth-order valence-corrected chi connectivity index (χ4v) is 5.15. The number of H-pyrrole nitrogens is 1. The molecule has 3 heterocycles. The zero-order valence-corrected chi connectivity index (χ0v) is 20.0. The molecule has 1 N–H and O–H groups in total. The minimum Gasteiger partial charge on any atom is -0.340 e. The first-order chi connectivity index (χ1) is 17.2. The van der Waals surface area contributed by atoms with Crippen LogP contribution in [0.3, 0.4) is 0 Å². The van der Waals surface area contributed by atoms with Crippen LogP contribution in [0.2, 0.25) is 0 Å². The molecule has 2 aliphatic rings. The SMILES string of the molecule is CCC1CCCN(C(=O)c2ccc(-c3cnc4c(n3)C(=Nc3cc5ccccc5[nH]3)C4)cc2)CC1. The number of aromatic amines is 1. The van der Waals surface area contributed by atoms with E-state index in [0.29, 0.717) is 0 Å². The average molecular weight is 464 g/mol. The second-order valence-electron chi connectivity index (χ2n) is 9.60. The Morgan fingerprint density at radius 1 is 1.11 bits per heavy atom. The molecule has 4 aromatic rings. The quantitative estimate of drug-likeness (QED) is 0.406. The van der Waals surface area contributed by atoms with Gasteiger partial charge in [0.05, 0.1) is 23.3 Å². The maximum atomic E-state index is 13.1. The van der Waals surface area contributed by atoms with Gasteiger partial charge in [-0.15, -0.1) is 0 Å². The van der Waals surface area contributed by atoms with Crippen molar-refractivity contribution in [1.29, 1.82) is 0 Å². The largest absolute Gasteiger partial charge is 0.340 e. The zero-order chi connectivity index (χ0) is 23.8. The van der Waals surface area contributed by atoms with Crippen molar-refractivity contribution in [1.82, 2.24) is 19.9 Å². The number of carbonyl (C=O) groups is 1. The summed E-state index contributed by atoms with van der Waals surface area (Å²) in [5.41, 5.74) is 6.34. The van der Waals surface area contributed by atoms with Crippen molar-refractivity contribution in [3.05, 3.63) is 77.7 Å². The number of rotatable bonds is 4. The van der Waals surface area contributed by atoms with Gasteiger partial charge in [-0.3, -0.25) is 9.78 Å². The summed E-state index contributed by atoms with van der Waals surface area (Å²) in [6.07, 6.45) is 7.16. The maximum Gasteiger partial charge on any atom is 0.253 e. The van der Waals surface area contributed by atoms with E-state index in [1.165, 1.54) is 12.8 Å². The minimum absolute atomic E-state index is 0.129. The van der Waals surface area contributed by atoms with E-state index < -0.39 is 0 Å². The van der Waals surface area contributed by atoms with Crippen molar-refractivity contribution in [3.63, 3.8) is 0 Å². The first kappa shape index (κ1) is 21.7. The van der Waals surface area contributed by atoms with E-state index in [1.54, 1.807) is 0 Å². The van der Waals surface area contributed by atoms with Crippen LogP contribution in [0.5, 0.6) is 0 Å². The number of nitrogens with one attached hydrogen (secondary N) is 1. The molecule has 1 amide bonds. The summed E-state index contributed by atoms with van der Waals surface area (Å²) >= 11 is 0. The van der Waals surface area contributed by atoms with E-state index in [0.717, 1.165) is 88.9 Å². The molecule has 2 aromatic heterocycles. The Hall–Kier alpha value is -3.80. The molecule has 1 saturated heterocycles. The highest BCUT2D eigenvalue weighted by molar-refractivity contribution is 6.09. The number of aromatic nitrogens is 3. The topological polar surface area (TPSA) is 74.2 Å². The van der Waals surface area contributed by atoms with Gasteiger partial charge in [0, 0.05) is 41.5 Å². The molecule has 0 radical (unpaired) electrons. The standard InChI is InChI=1S/C29H29N5O/c1-2-19-6-5-14-34(15-13-19)29(35)21-11-9-20(10-12-21)26-18-30-24-17-25(28(24)33-26)32-27-16-22-7-3-4-8-23(22)31-27/h3-4,7-12,16,18-19,31H,2,5-6,13-15,17H2,1H3. The first-order valence-corrected chi connectivity index (χ1v) is 12.6. The van der Waals surface area contributed by atoms with Crippen LogP contribution >= 0.6 is 0 Å². The third kappa shape index (κ3) is 4.25. The highest BCUT2D eigenvalue weighted by Crippen LogP contribution is 2.28. The predicted molar refractivity (Wildman–Crippen MR) is 139 cm³/mol. The van der Waals surface area contributed by atoms with Gasteiger partial charge >= 0.3 is 0 Å². The molecule has 6 rings (SSSR count). The number of hydrogen-bond donors (Lipinski definition) is 1. The molecular formula is C29H29N5O. The molecular weight excluding hydrogens is 434 g/mol. The highest BCUT2D eigenvalue weighted by atomic mass is 16.2. The van der Waals surface area contributed by atoms with Crippen LogP contribution in [-0.2, 0) is 6.42 Å². The van der Waals surface area contributed by atoms with Crippen LogP contribution in [0.25, 0.3) is 22.2 Å². The van der Waals surface area contributed by atoms with E-state index >= 15 is 0 Å². The van der Waals surface area contributed by atoms with Crippen LogP contribution in [0, 0.1) is 5.92 Å². The molecule has 6 nitrogen and oxygen atoms in total. The van der Waals surface area contributed by atoms with Gasteiger partial charge in [0.1, 0.15) is 11.5 Å². The van der Waals surface area contributed by atoms with E-state index in [1.807, 2.05) is 47.5 Å². The second-order valence-corrected chi connectivity index (χ2v) is 9.60. The number of hydrogen-bond acceptors (Lipinski definition) is 4. The molecule has 2 aromatic carbocycles. The Morgan fingerprint density at radius 3 is 2.80 bits per heavy atom. The smallest absolute Gasteiger partial charge is 0.253 e. The molecule has 35 heavy (non-hydrogen) atoms. The number of nitrogens with zero attached hydrogens (tertiary/aromatic N) is 4. The summed E-state index contributed by atoms with van der Waals surface area (Å²) in [4.78, 5) is 32.7. The molecule has 0 bridgehead atoms. The molecule has 1 atom stereocenters. The van der Waals surface area contributed by atoms with Crippen LogP contribution in [0.4, 0.5) is 5.82 Å². The lowest BCUT2D eigenvalue weighted by Crippen LogP contribution is -2.32. The van der Waals surface area contributed by atoms with Gasteiger partial charge < -0.3 is 9.88 Å². The van der Waals surface area contributed by atoms with Crippen LogP contribution < -0.4 is 0 Å².